The Kier molecular flexibility index (Phi) is 2.00. The lowest BCUT2D eigenvalue weighted by atomic mass is 10.2. The second-order valence-electron chi connectivity index (χ2n) is 3.97. The van der Waals surface area contributed by atoms with Crippen LogP contribution in [-0.2, 0) is 4.79 Å². The third-order valence-corrected chi connectivity index (χ3v) is 4.17. The summed E-state index contributed by atoms with van der Waals surface area (Å²) in [4.78, 5) is 23.3. The highest BCUT2D eigenvalue weighted by Crippen LogP contribution is 2.47. The van der Waals surface area contributed by atoms with Crippen LogP contribution < -0.4 is 5.32 Å². The molecule has 1 aromatic rings. The largest absolute Gasteiger partial charge is 0.475 e. The standard InChI is InChI=1S/C10H9NO4S/c12-9-8(4-1-2-4)16-5-3-15-7(10(13)14)6(5)11-9/h3-4,8H,1-2H2,(H,11,12)(H,13,14). The first-order valence-corrected chi connectivity index (χ1v) is 5.87. The van der Waals surface area contributed by atoms with E-state index in [1.165, 1.54) is 18.0 Å². The lowest BCUT2D eigenvalue weighted by Gasteiger charge is -2.20. The van der Waals surface area contributed by atoms with Crippen LogP contribution in [0.3, 0.4) is 0 Å². The number of nitrogens with one attached hydrogen (secondary N) is 1. The van der Waals surface area contributed by atoms with E-state index in [1.807, 2.05) is 0 Å². The van der Waals surface area contributed by atoms with Crippen molar-refractivity contribution in [2.45, 2.75) is 23.0 Å². The first-order chi connectivity index (χ1) is 7.66. The Morgan fingerprint density at radius 2 is 2.31 bits per heavy atom. The van der Waals surface area contributed by atoms with Crippen LogP contribution in [0.15, 0.2) is 15.6 Å². The van der Waals surface area contributed by atoms with Gasteiger partial charge in [-0.15, -0.1) is 11.8 Å². The number of carboxylic acid groups (broad SMARTS) is 1. The Balaban J connectivity index is 1.95. The molecule has 1 unspecified atom stereocenters. The number of furan rings is 1. The molecule has 0 radical (unpaired) electrons. The molecule has 84 valence electrons. The molecule has 1 amide bonds. The Bertz CT molecular complexity index is 477. The molecule has 16 heavy (non-hydrogen) atoms. The summed E-state index contributed by atoms with van der Waals surface area (Å²) in [6.07, 6.45) is 3.55. The summed E-state index contributed by atoms with van der Waals surface area (Å²) in [5, 5.41) is 11.4. The molecule has 1 aliphatic heterocycles. The lowest BCUT2D eigenvalue weighted by molar-refractivity contribution is -0.116. The fourth-order valence-electron chi connectivity index (χ4n) is 1.80. The van der Waals surface area contributed by atoms with Gasteiger partial charge >= 0.3 is 5.97 Å². The van der Waals surface area contributed by atoms with E-state index < -0.39 is 5.97 Å². The van der Waals surface area contributed by atoms with E-state index in [9.17, 15) is 9.59 Å². The molecule has 3 rings (SSSR count). The molecule has 1 aliphatic carbocycles. The van der Waals surface area contributed by atoms with Crippen LogP contribution in [0.25, 0.3) is 0 Å². The van der Waals surface area contributed by atoms with Gasteiger partial charge in [-0.25, -0.2) is 4.79 Å². The average Bonchev–Trinajstić information content (AvgIpc) is 2.98. The van der Waals surface area contributed by atoms with Crippen molar-refractivity contribution in [3.63, 3.8) is 0 Å². The number of rotatable bonds is 2. The highest BCUT2D eigenvalue weighted by molar-refractivity contribution is 8.01. The fraction of sp³-hybridized carbons (Fsp3) is 0.400. The number of anilines is 1. The first kappa shape index (κ1) is 9.77. The minimum absolute atomic E-state index is 0.0910. The predicted molar refractivity (Wildman–Crippen MR) is 56.7 cm³/mol. The van der Waals surface area contributed by atoms with Crippen LogP contribution in [0.4, 0.5) is 5.69 Å². The van der Waals surface area contributed by atoms with E-state index in [0.29, 0.717) is 16.5 Å². The maximum Gasteiger partial charge on any atom is 0.374 e. The fourth-order valence-corrected chi connectivity index (χ4v) is 3.07. The van der Waals surface area contributed by atoms with Crippen molar-refractivity contribution >= 4 is 29.3 Å². The van der Waals surface area contributed by atoms with Crippen molar-refractivity contribution in [2.24, 2.45) is 5.92 Å². The van der Waals surface area contributed by atoms with E-state index in [4.69, 9.17) is 9.52 Å². The summed E-state index contributed by atoms with van der Waals surface area (Å²) in [5.41, 5.74) is 0.305. The summed E-state index contributed by atoms with van der Waals surface area (Å²) in [5.74, 6) is -1.03. The number of thioether (sulfide) groups is 1. The van der Waals surface area contributed by atoms with Crippen molar-refractivity contribution in [3.8, 4) is 0 Å². The Hall–Kier alpha value is -1.43. The smallest absolute Gasteiger partial charge is 0.374 e. The molecule has 2 heterocycles. The second-order valence-corrected chi connectivity index (χ2v) is 5.16. The van der Waals surface area contributed by atoms with E-state index in [1.54, 1.807) is 0 Å². The molecule has 2 N–H and O–H groups in total. The maximum absolute atomic E-state index is 11.7. The van der Waals surface area contributed by atoms with Gasteiger partial charge in [0.2, 0.25) is 11.7 Å². The van der Waals surface area contributed by atoms with Gasteiger partial charge in [0.15, 0.2) is 0 Å². The number of hydrogen-bond donors (Lipinski definition) is 2. The molecule has 1 atom stereocenters. The molecule has 1 saturated carbocycles. The summed E-state index contributed by atoms with van der Waals surface area (Å²) in [7, 11) is 0. The van der Waals surface area contributed by atoms with Gasteiger partial charge in [-0.1, -0.05) is 0 Å². The maximum atomic E-state index is 11.7. The van der Waals surface area contributed by atoms with Crippen LogP contribution in [0.2, 0.25) is 0 Å². The van der Waals surface area contributed by atoms with Crippen molar-refractivity contribution in [2.75, 3.05) is 5.32 Å². The zero-order valence-corrected chi connectivity index (χ0v) is 9.04. The van der Waals surface area contributed by atoms with Gasteiger partial charge < -0.3 is 14.8 Å². The Morgan fingerprint density at radius 1 is 1.56 bits per heavy atom. The van der Waals surface area contributed by atoms with Gasteiger partial charge in [0.25, 0.3) is 0 Å². The molecular formula is C10H9NO4S. The first-order valence-electron chi connectivity index (χ1n) is 4.99. The van der Waals surface area contributed by atoms with Crippen LogP contribution in [0.1, 0.15) is 23.4 Å². The molecule has 0 saturated heterocycles. The summed E-state index contributed by atoms with van der Waals surface area (Å²) in [6.45, 7) is 0. The van der Waals surface area contributed by atoms with Crippen molar-refractivity contribution < 1.29 is 19.1 Å². The summed E-state index contributed by atoms with van der Waals surface area (Å²) >= 11 is 1.40. The van der Waals surface area contributed by atoms with Crippen LogP contribution in [-0.4, -0.2) is 22.2 Å². The third kappa shape index (κ3) is 1.41. The predicted octanol–water partition coefficient (Wildman–Crippen LogP) is 1.80. The van der Waals surface area contributed by atoms with E-state index in [-0.39, 0.29) is 16.9 Å². The number of carbonyl (C=O) groups excluding carboxylic acids is 1. The highest BCUT2D eigenvalue weighted by Gasteiger charge is 2.41. The number of amides is 1. The number of hydrogen-bond acceptors (Lipinski definition) is 4. The van der Waals surface area contributed by atoms with Crippen molar-refractivity contribution in [1.82, 2.24) is 0 Å². The van der Waals surface area contributed by atoms with Gasteiger partial charge in [0.1, 0.15) is 12.0 Å². The van der Waals surface area contributed by atoms with Crippen molar-refractivity contribution in [1.29, 1.82) is 0 Å². The SMILES string of the molecule is O=C(O)c1occ2c1NC(=O)C(C1CC1)S2. The molecule has 1 aromatic heterocycles. The zero-order chi connectivity index (χ0) is 11.3. The highest BCUT2D eigenvalue weighted by atomic mass is 32.2. The summed E-state index contributed by atoms with van der Waals surface area (Å²) < 4.78 is 4.94. The minimum Gasteiger partial charge on any atom is -0.475 e. The van der Waals surface area contributed by atoms with Crippen molar-refractivity contribution in [3.05, 3.63) is 12.0 Å². The van der Waals surface area contributed by atoms with Gasteiger partial charge in [0, 0.05) is 0 Å². The molecule has 5 nitrogen and oxygen atoms in total. The van der Waals surface area contributed by atoms with Crippen LogP contribution in [0.5, 0.6) is 0 Å². The third-order valence-electron chi connectivity index (χ3n) is 2.76. The number of fused-ring (bicyclic) bond motifs is 1. The molecule has 6 heteroatoms. The minimum atomic E-state index is -1.16. The number of aromatic carboxylic acids is 1. The Morgan fingerprint density at radius 3 is 2.94 bits per heavy atom. The summed E-state index contributed by atoms with van der Waals surface area (Å²) in [6, 6.07) is 0. The second kappa shape index (κ2) is 3.28. The van der Waals surface area contributed by atoms with Crippen LogP contribution in [0, 0.1) is 5.92 Å². The molecule has 2 aliphatic rings. The van der Waals surface area contributed by atoms with Crippen LogP contribution >= 0.6 is 11.8 Å². The number of carboxylic acids is 1. The van der Waals surface area contributed by atoms with Gasteiger partial charge in [-0.3, -0.25) is 4.79 Å². The van der Waals surface area contributed by atoms with E-state index >= 15 is 0 Å². The topological polar surface area (TPSA) is 79.5 Å². The molecular weight excluding hydrogens is 230 g/mol. The van der Waals surface area contributed by atoms with E-state index in [2.05, 4.69) is 5.32 Å². The molecule has 0 bridgehead atoms. The normalized spacial score (nSPS) is 23.8. The van der Waals surface area contributed by atoms with Gasteiger partial charge in [-0.2, -0.15) is 0 Å². The Labute approximate surface area is 95.2 Å². The van der Waals surface area contributed by atoms with Gasteiger partial charge in [-0.05, 0) is 18.8 Å². The zero-order valence-electron chi connectivity index (χ0n) is 8.23. The lowest BCUT2D eigenvalue weighted by Crippen LogP contribution is -2.30. The molecule has 0 spiro atoms. The molecule has 0 aromatic carbocycles. The number of carbonyl (C=O) groups is 2. The van der Waals surface area contributed by atoms with E-state index in [0.717, 1.165) is 12.8 Å². The quantitative estimate of drug-likeness (QED) is 0.822. The monoisotopic (exact) mass is 239 g/mol. The van der Waals surface area contributed by atoms with Gasteiger partial charge in [0.05, 0.1) is 10.1 Å². The average molecular weight is 239 g/mol. The molecule has 1 fully saturated rings.